The van der Waals surface area contributed by atoms with E-state index in [0.29, 0.717) is 21.9 Å². The number of hydrogen-bond donors (Lipinski definition) is 2. The van der Waals surface area contributed by atoms with Crippen molar-refractivity contribution in [3.8, 4) is 17.3 Å². The monoisotopic (exact) mass is 429 g/mol. The van der Waals surface area contributed by atoms with Gasteiger partial charge in [-0.3, -0.25) is 4.79 Å². The number of imidazole rings is 1. The van der Waals surface area contributed by atoms with Crippen LogP contribution in [0.1, 0.15) is 13.8 Å². The molecule has 1 aliphatic heterocycles. The van der Waals surface area contributed by atoms with E-state index in [1.165, 1.54) is 0 Å². The summed E-state index contributed by atoms with van der Waals surface area (Å²) in [6.45, 7) is 6.78. The van der Waals surface area contributed by atoms with Crippen LogP contribution < -0.4 is 15.4 Å². The molecule has 158 valence electrons. The molecule has 1 amide bonds. The molecule has 8 nitrogen and oxygen atoms in total. The van der Waals surface area contributed by atoms with Crippen LogP contribution in [0.25, 0.3) is 22.4 Å². The Morgan fingerprint density at radius 1 is 1.27 bits per heavy atom. The van der Waals surface area contributed by atoms with E-state index in [2.05, 4.69) is 32.0 Å². The van der Waals surface area contributed by atoms with Gasteiger partial charge in [0.25, 0.3) is 6.01 Å². The van der Waals surface area contributed by atoms with Gasteiger partial charge in [0, 0.05) is 24.3 Å². The van der Waals surface area contributed by atoms with E-state index in [4.69, 9.17) is 26.8 Å². The van der Waals surface area contributed by atoms with Gasteiger partial charge in [-0.15, -0.1) is 0 Å². The number of benzene rings is 1. The van der Waals surface area contributed by atoms with Gasteiger partial charge in [-0.05, 0) is 32.0 Å². The molecule has 1 aliphatic rings. The molecule has 0 atom stereocenters. The number of carbonyl (C=O) groups excluding carboxylic acids is 1. The van der Waals surface area contributed by atoms with E-state index in [0.717, 1.165) is 37.6 Å². The summed E-state index contributed by atoms with van der Waals surface area (Å²) < 4.78 is 11.0. The second-order valence-electron chi connectivity index (χ2n) is 7.92. The Morgan fingerprint density at radius 2 is 1.97 bits per heavy atom. The number of pyridine rings is 1. The number of ether oxygens (including phenoxy) is 2. The average Bonchev–Trinajstić information content (AvgIpc) is 3.14. The molecule has 0 spiro atoms. The van der Waals surface area contributed by atoms with Crippen LogP contribution in [0.3, 0.4) is 0 Å². The molecule has 0 bridgehead atoms. The van der Waals surface area contributed by atoms with Crippen LogP contribution in [0.4, 0.5) is 5.69 Å². The standard InChI is InChI=1S/C21H24ClN5O3/c1-21(2,19(23)28)12-30-20-24-16-11-15(22)17(25-18(16)26-20)13-3-5-14(6-4-13)27-7-9-29-10-8-27/h3-6,11H,7-10,12H2,1-2H3,(H2,23,28)(H,24,25,26). The van der Waals surface area contributed by atoms with Gasteiger partial charge in [-0.1, -0.05) is 23.7 Å². The lowest BCUT2D eigenvalue weighted by Crippen LogP contribution is -2.36. The number of amides is 1. The Bertz CT molecular complexity index is 1060. The fourth-order valence-corrected chi connectivity index (χ4v) is 3.40. The van der Waals surface area contributed by atoms with Crippen molar-refractivity contribution in [2.24, 2.45) is 11.1 Å². The molecule has 4 rings (SSSR count). The molecule has 1 fully saturated rings. The summed E-state index contributed by atoms with van der Waals surface area (Å²) in [6.07, 6.45) is 0. The summed E-state index contributed by atoms with van der Waals surface area (Å²) in [6, 6.07) is 10.2. The van der Waals surface area contributed by atoms with Crippen LogP contribution in [-0.2, 0) is 9.53 Å². The molecule has 0 radical (unpaired) electrons. The first kappa shape index (κ1) is 20.4. The number of nitrogens with zero attached hydrogens (tertiary/aromatic N) is 3. The Hall–Kier alpha value is -2.84. The lowest BCUT2D eigenvalue weighted by molar-refractivity contribution is -0.127. The zero-order chi connectivity index (χ0) is 21.3. The third-order valence-electron chi connectivity index (χ3n) is 5.16. The number of aromatic nitrogens is 3. The number of fused-ring (bicyclic) bond motifs is 1. The lowest BCUT2D eigenvalue weighted by Gasteiger charge is -2.28. The minimum absolute atomic E-state index is 0.103. The van der Waals surface area contributed by atoms with Crippen molar-refractivity contribution in [2.45, 2.75) is 13.8 Å². The van der Waals surface area contributed by atoms with Gasteiger partial charge >= 0.3 is 0 Å². The molecule has 1 saturated heterocycles. The van der Waals surface area contributed by atoms with Crippen LogP contribution in [0.15, 0.2) is 30.3 Å². The van der Waals surface area contributed by atoms with Gasteiger partial charge in [-0.2, -0.15) is 4.98 Å². The lowest BCUT2D eigenvalue weighted by atomic mass is 9.94. The minimum atomic E-state index is -0.808. The number of morpholine rings is 1. The molecular weight excluding hydrogens is 406 g/mol. The van der Waals surface area contributed by atoms with Gasteiger partial charge < -0.3 is 25.1 Å². The van der Waals surface area contributed by atoms with Crippen molar-refractivity contribution in [1.82, 2.24) is 15.0 Å². The zero-order valence-corrected chi connectivity index (χ0v) is 17.7. The van der Waals surface area contributed by atoms with Crippen LogP contribution in [0.2, 0.25) is 5.02 Å². The molecule has 9 heteroatoms. The van der Waals surface area contributed by atoms with Gasteiger partial charge in [-0.25, -0.2) is 4.98 Å². The van der Waals surface area contributed by atoms with Crippen molar-refractivity contribution in [2.75, 3.05) is 37.8 Å². The van der Waals surface area contributed by atoms with E-state index in [1.807, 2.05) is 12.1 Å². The first-order valence-corrected chi connectivity index (χ1v) is 10.1. The highest BCUT2D eigenvalue weighted by Gasteiger charge is 2.26. The van der Waals surface area contributed by atoms with Crippen LogP contribution in [-0.4, -0.2) is 53.8 Å². The van der Waals surface area contributed by atoms with Crippen LogP contribution >= 0.6 is 11.6 Å². The quantitative estimate of drug-likeness (QED) is 0.623. The number of primary amides is 1. The molecule has 0 unspecified atom stereocenters. The Balaban J connectivity index is 1.56. The topological polar surface area (TPSA) is 106 Å². The normalized spacial score (nSPS) is 14.8. The van der Waals surface area contributed by atoms with Gasteiger partial charge in [0.1, 0.15) is 6.61 Å². The number of carbonyl (C=O) groups is 1. The first-order valence-electron chi connectivity index (χ1n) is 9.75. The summed E-state index contributed by atoms with van der Waals surface area (Å²) in [5.41, 5.74) is 8.41. The highest BCUT2D eigenvalue weighted by atomic mass is 35.5. The van der Waals surface area contributed by atoms with Crippen LogP contribution in [0, 0.1) is 5.41 Å². The predicted octanol–water partition coefficient (Wildman–Crippen LogP) is 3.01. The third kappa shape index (κ3) is 4.20. The van der Waals surface area contributed by atoms with E-state index in [-0.39, 0.29) is 12.6 Å². The van der Waals surface area contributed by atoms with E-state index in [1.54, 1.807) is 19.9 Å². The zero-order valence-electron chi connectivity index (χ0n) is 16.9. The summed E-state index contributed by atoms with van der Waals surface area (Å²) in [7, 11) is 0. The van der Waals surface area contributed by atoms with Crippen molar-refractivity contribution >= 4 is 34.4 Å². The SMILES string of the molecule is CC(C)(COc1nc2nc(-c3ccc(N4CCOCC4)cc3)c(Cl)cc2[nH]1)C(N)=O. The van der Waals surface area contributed by atoms with E-state index >= 15 is 0 Å². The summed E-state index contributed by atoms with van der Waals surface area (Å²) in [5.74, 6) is -0.442. The van der Waals surface area contributed by atoms with Crippen LogP contribution in [0.5, 0.6) is 6.01 Å². The molecule has 3 aromatic rings. The molecule has 3 heterocycles. The summed E-state index contributed by atoms with van der Waals surface area (Å²) in [5, 5.41) is 0.509. The maximum atomic E-state index is 11.5. The minimum Gasteiger partial charge on any atom is -0.464 e. The fourth-order valence-electron chi connectivity index (χ4n) is 3.14. The highest BCUT2D eigenvalue weighted by Crippen LogP contribution is 2.31. The molecule has 2 aromatic heterocycles. The van der Waals surface area contributed by atoms with Crippen molar-refractivity contribution in [1.29, 1.82) is 0 Å². The number of H-pyrrole nitrogens is 1. The Labute approximate surface area is 179 Å². The molecule has 0 aliphatic carbocycles. The summed E-state index contributed by atoms with van der Waals surface area (Å²) >= 11 is 6.49. The van der Waals surface area contributed by atoms with E-state index in [9.17, 15) is 4.79 Å². The van der Waals surface area contributed by atoms with Gasteiger partial charge in [0.2, 0.25) is 5.91 Å². The van der Waals surface area contributed by atoms with Crippen molar-refractivity contribution < 1.29 is 14.3 Å². The maximum absolute atomic E-state index is 11.5. The number of nitrogens with one attached hydrogen (secondary N) is 1. The maximum Gasteiger partial charge on any atom is 0.296 e. The van der Waals surface area contributed by atoms with Crippen molar-refractivity contribution in [3.63, 3.8) is 0 Å². The molecule has 30 heavy (non-hydrogen) atoms. The first-order chi connectivity index (χ1) is 14.3. The van der Waals surface area contributed by atoms with Gasteiger partial charge in [0.05, 0.1) is 34.9 Å². The fraction of sp³-hybridized carbons (Fsp3) is 0.381. The Morgan fingerprint density at radius 3 is 2.63 bits per heavy atom. The number of aromatic amines is 1. The number of anilines is 1. The number of rotatable bonds is 6. The largest absolute Gasteiger partial charge is 0.464 e. The summed E-state index contributed by atoms with van der Waals surface area (Å²) in [4.78, 5) is 25.8. The average molecular weight is 430 g/mol. The third-order valence-corrected chi connectivity index (χ3v) is 5.45. The molecule has 0 saturated carbocycles. The second-order valence-corrected chi connectivity index (χ2v) is 8.32. The van der Waals surface area contributed by atoms with Crippen molar-refractivity contribution in [3.05, 3.63) is 35.4 Å². The second kappa shape index (κ2) is 8.12. The molecule has 1 aromatic carbocycles. The highest BCUT2D eigenvalue weighted by molar-refractivity contribution is 6.33. The van der Waals surface area contributed by atoms with E-state index < -0.39 is 11.3 Å². The predicted molar refractivity (Wildman–Crippen MR) is 116 cm³/mol. The van der Waals surface area contributed by atoms with Gasteiger partial charge in [0.15, 0.2) is 5.65 Å². The number of nitrogens with two attached hydrogens (primary N) is 1. The molecular formula is C21H24ClN5O3. The Kier molecular flexibility index (Phi) is 5.53. The molecule has 3 N–H and O–H groups in total. The number of hydrogen-bond acceptors (Lipinski definition) is 6. The number of halogens is 1. The smallest absolute Gasteiger partial charge is 0.296 e.